The fourth-order valence-electron chi connectivity index (χ4n) is 2.67. The van der Waals surface area contributed by atoms with E-state index in [9.17, 15) is 9.59 Å². The van der Waals surface area contributed by atoms with E-state index < -0.39 is 0 Å². The lowest BCUT2D eigenvalue weighted by atomic mass is 10.3. The summed E-state index contributed by atoms with van der Waals surface area (Å²) in [4.78, 5) is 35.2. The molecule has 192 valence electrons. The van der Waals surface area contributed by atoms with E-state index in [1.165, 1.54) is 70.1 Å². The first kappa shape index (κ1) is 28.3. The molecular weight excluding hydrogens is 605 g/mol. The van der Waals surface area contributed by atoms with Crippen molar-refractivity contribution in [2.45, 2.75) is 28.8 Å². The lowest BCUT2D eigenvalue weighted by molar-refractivity contribution is -0.114. The van der Waals surface area contributed by atoms with Gasteiger partial charge >= 0.3 is 0 Å². The first-order valence-corrected chi connectivity index (χ1v) is 17.3. The second kappa shape index (κ2) is 14.4. The average molecular weight is 625 g/mol. The molecule has 2 heterocycles. The molecule has 2 amide bonds. The van der Waals surface area contributed by atoms with Crippen molar-refractivity contribution in [3.8, 4) is 0 Å². The van der Waals surface area contributed by atoms with Crippen LogP contribution in [0.2, 0.25) is 0 Å². The van der Waals surface area contributed by atoms with Gasteiger partial charge < -0.3 is 10.6 Å². The summed E-state index contributed by atoms with van der Waals surface area (Å²) in [6.45, 7) is 0. The summed E-state index contributed by atoms with van der Waals surface area (Å²) >= 11 is 9.94. The van der Waals surface area contributed by atoms with Crippen LogP contribution >= 0.6 is 81.9 Å². The highest BCUT2D eigenvalue weighted by Gasteiger charge is 2.10. The van der Waals surface area contributed by atoms with Crippen molar-refractivity contribution in [1.29, 1.82) is 0 Å². The molecule has 15 heteroatoms. The SMILES string of the molecule is CSc1nsc(SCC(=O)Nc2ccc(Sc3ccc(NC(=O)CSc4nc(SC)ns4)cc3)cc2)n1. The maximum absolute atomic E-state index is 12.2. The van der Waals surface area contributed by atoms with Crippen LogP contribution in [0.1, 0.15) is 0 Å². The van der Waals surface area contributed by atoms with E-state index in [2.05, 4.69) is 29.3 Å². The molecule has 4 rings (SSSR count). The van der Waals surface area contributed by atoms with Crippen LogP contribution in [0.4, 0.5) is 11.4 Å². The first-order valence-electron chi connectivity index (χ1n) is 10.5. The minimum Gasteiger partial charge on any atom is -0.325 e. The maximum Gasteiger partial charge on any atom is 0.234 e. The molecule has 0 radical (unpaired) electrons. The van der Waals surface area contributed by atoms with Crippen molar-refractivity contribution < 1.29 is 9.59 Å². The molecule has 2 aromatic heterocycles. The van der Waals surface area contributed by atoms with Gasteiger partial charge in [0.1, 0.15) is 0 Å². The van der Waals surface area contributed by atoms with Gasteiger partial charge in [-0.3, -0.25) is 9.59 Å². The number of carbonyl (C=O) groups is 2. The number of thioether (sulfide) groups is 4. The van der Waals surface area contributed by atoms with Gasteiger partial charge in [-0.05, 0) is 84.1 Å². The molecule has 4 aromatic rings. The second-order valence-corrected chi connectivity index (χ2v) is 13.6. The lowest BCUT2D eigenvalue weighted by Crippen LogP contribution is -2.13. The molecule has 2 N–H and O–H groups in total. The van der Waals surface area contributed by atoms with Crippen molar-refractivity contribution in [2.24, 2.45) is 0 Å². The number of anilines is 2. The Balaban J connectivity index is 1.20. The largest absolute Gasteiger partial charge is 0.325 e. The van der Waals surface area contributed by atoms with Gasteiger partial charge in [0.05, 0.1) is 11.5 Å². The smallest absolute Gasteiger partial charge is 0.234 e. The summed E-state index contributed by atoms with van der Waals surface area (Å²) in [6, 6.07) is 15.4. The highest BCUT2D eigenvalue weighted by atomic mass is 32.2. The van der Waals surface area contributed by atoms with E-state index in [1.54, 1.807) is 11.8 Å². The third kappa shape index (κ3) is 9.19. The Morgan fingerprint density at radius 1 is 0.703 bits per heavy atom. The summed E-state index contributed by atoms with van der Waals surface area (Å²) in [5.74, 6) is 0.385. The van der Waals surface area contributed by atoms with Crippen molar-refractivity contribution in [3.05, 3.63) is 48.5 Å². The summed E-state index contributed by atoms with van der Waals surface area (Å²) in [6.07, 6.45) is 3.84. The Hall–Kier alpha value is -1.75. The minimum atomic E-state index is -0.0876. The molecule has 0 atom stereocenters. The van der Waals surface area contributed by atoms with Crippen LogP contribution in [0.15, 0.2) is 77.3 Å². The minimum absolute atomic E-state index is 0.0876. The molecule has 0 bridgehead atoms. The highest BCUT2D eigenvalue weighted by Crippen LogP contribution is 2.30. The number of hydrogen-bond donors (Lipinski definition) is 2. The van der Waals surface area contributed by atoms with E-state index >= 15 is 0 Å². The molecule has 37 heavy (non-hydrogen) atoms. The Labute approximate surface area is 243 Å². The van der Waals surface area contributed by atoms with E-state index in [0.717, 1.165) is 40.2 Å². The zero-order chi connectivity index (χ0) is 26.0. The van der Waals surface area contributed by atoms with Gasteiger partial charge in [-0.2, -0.15) is 8.75 Å². The topological polar surface area (TPSA) is 110 Å². The fourth-order valence-corrected chi connectivity index (χ4v) is 7.51. The molecule has 0 aliphatic rings. The Morgan fingerprint density at radius 3 is 1.46 bits per heavy atom. The molecule has 0 aliphatic heterocycles. The lowest BCUT2D eigenvalue weighted by Gasteiger charge is -2.08. The number of carbonyl (C=O) groups excluding carboxylic acids is 2. The van der Waals surface area contributed by atoms with E-state index in [-0.39, 0.29) is 23.3 Å². The van der Waals surface area contributed by atoms with Crippen molar-refractivity contribution in [2.75, 3.05) is 34.7 Å². The molecule has 0 aliphatic carbocycles. The van der Waals surface area contributed by atoms with Gasteiger partial charge in [0.25, 0.3) is 0 Å². The Morgan fingerprint density at radius 2 is 1.11 bits per heavy atom. The number of aromatic nitrogens is 4. The monoisotopic (exact) mass is 624 g/mol. The summed E-state index contributed by atoms with van der Waals surface area (Å²) < 4.78 is 9.96. The quantitative estimate of drug-likeness (QED) is 0.170. The first-order chi connectivity index (χ1) is 18.0. The van der Waals surface area contributed by atoms with Crippen LogP contribution in [-0.2, 0) is 9.59 Å². The standard InChI is InChI=1S/C22H20N6O2S7/c1-31-19-25-21(36-27-19)33-11-17(29)23-13-3-7-15(8-4-13)35-16-9-5-14(6-10-16)24-18(30)12-34-22-26-20(32-2)28-37-22/h3-10H,11-12H2,1-2H3,(H,23,29)(H,24,30). The van der Waals surface area contributed by atoms with Crippen LogP contribution in [0.25, 0.3) is 0 Å². The summed E-state index contributed by atoms with van der Waals surface area (Å²) in [5.41, 5.74) is 1.48. The van der Waals surface area contributed by atoms with Crippen LogP contribution in [0, 0.1) is 0 Å². The predicted molar refractivity (Wildman–Crippen MR) is 159 cm³/mol. The molecule has 0 saturated carbocycles. The van der Waals surface area contributed by atoms with Gasteiger partial charge in [0.2, 0.25) is 22.1 Å². The number of hydrogen-bond acceptors (Lipinski definition) is 13. The average Bonchev–Trinajstić information content (AvgIpc) is 3.58. The molecule has 0 fully saturated rings. The number of amides is 2. The number of nitrogens with one attached hydrogen (secondary N) is 2. The van der Waals surface area contributed by atoms with E-state index in [1.807, 2.05) is 61.0 Å². The molecule has 0 saturated heterocycles. The van der Waals surface area contributed by atoms with Crippen molar-refractivity contribution >= 4 is 105 Å². The van der Waals surface area contributed by atoms with Crippen LogP contribution in [-0.4, -0.2) is 54.5 Å². The Kier molecular flexibility index (Phi) is 11.0. The summed E-state index contributed by atoms with van der Waals surface area (Å²) in [5, 5.41) is 7.27. The Bertz CT molecular complexity index is 1230. The van der Waals surface area contributed by atoms with E-state index in [4.69, 9.17) is 0 Å². The molecule has 0 unspecified atom stereocenters. The highest BCUT2D eigenvalue weighted by molar-refractivity contribution is 8.02. The van der Waals surface area contributed by atoms with Gasteiger partial charge in [0, 0.05) is 21.2 Å². The summed E-state index contributed by atoms with van der Waals surface area (Å²) in [7, 11) is 0. The zero-order valence-electron chi connectivity index (χ0n) is 19.5. The number of nitrogens with zero attached hydrogens (tertiary/aromatic N) is 4. The van der Waals surface area contributed by atoms with Crippen LogP contribution in [0.5, 0.6) is 0 Å². The maximum atomic E-state index is 12.2. The van der Waals surface area contributed by atoms with Crippen LogP contribution < -0.4 is 10.6 Å². The molecular formula is C22H20N6O2S7. The van der Waals surface area contributed by atoms with Crippen molar-refractivity contribution in [1.82, 2.24) is 18.7 Å². The third-order valence-electron chi connectivity index (χ3n) is 4.31. The van der Waals surface area contributed by atoms with Gasteiger partial charge in [-0.25, -0.2) is 9.97 Å². The van der Waals surface area contributed by atoms with E-state index in [0.29, 0.717) is 0 Å². The van der Waals surface area contributed by atoms with Gasteiger partial charge in [0.15, 0.2) is 8.68 Å². The van der Waals surface area contributed by atoms with Gasteiger partial charge in [-0.15, -0.1) is 0 Å². The normalized spacial score (nSPS) is 10.9. The predicted octanol–water partition coefficient (Wildman–Crippen LogP) is 6.45. The number of benzene rings is 2. The molecule has 2 aromatic carbocycles. The fraction of sp³-hybridized carbons (Fsp3) is 0.182. The van der Waals surface area contributed by atoms with Crippen LogP contribution in [0.3, 0.4) is 0 Å². The molecule has 0 spiro atoms. The third-order valence-corrected chi connectivity index (χ3v) is 10.3. The zero-order valence-corrected chi connectivity index (χ0v) is 25.2. The molecule has 8 nitrogen and oxygen atoms in total. The van der Waals surface area contributed by atoms with Crippen molar-refractivity contribution in [3.63, 3.8) is 0 Å². The van der Waals surface area contributed by atoms with Gasteiger partial charge in [-0.1, -0.05) is 58.8 Å². The second-order valence-electron chi connectivity index (χ2n) is 6.92. The number of rotatable bonds is 12.